The topological polar surface area (TPSA) is 41.1 Å². The molecule has 7 heteroatoms. The predicted octanol–water partition coefficient (Wildman–Crippen LogP) is 5.16. The number of benzene rings is 2. The third kappa shape index (κ3) is 3.41. The summed E-state index contributed by atoms with van der Waals surface area (Å²) in [6, 6.07) is 11.9. The van der Waals surface area contributed by atoms with E-state index in [1.807, 2.05) is 0 Å². The lowest BCUT2D eigenvalue weighted by atomic mass is 10.2. The Hall–Kier alpha value is -2.80. The molecule has 0 radical (unpaired) electrons. The Morgan fingerprint density at radius 2 is 1.58 bits per heavy atom. The molecule has 2 aromatic carbocycles. The van der Waals surface area contributed by atoms with E-state index in [1.54, 1.807) is 41.8 Å². The Morgan fingerprint density at radius 3 is 2.25 bits per heavy atom. The Bertz CT molecular complexity index is 864. The number of halogens is 3. The second-order valence-corrected chi connectivity index (χ2v) is 5.80. The molecule has 0 aliphatic rings. The summed E-state index contributed by atoms with van der Waals surface area (Å²) in [5.74, 6) is -4.29. The van der Waals surface area contributed by atoms with E-state index in [2.05, 4.69) is 10.6 Å². The van der Waals surface area contributed by atoms with Crippen LogP contribution in [-0.4, -0.2) is 5.91 Å². The molecule has 1 heterocycles. The van der Waals surface area contributed by atoms with Gasteiger partial charge < -0.3 is 10.6 Å². The predicted molar refractivity (Wildman–Crippen MR) is 88.3 cm³/mol. The fourth-order valence-electron chi connectivity index (χ4n) is 2.02. The molecule has 3 rings (SSSR count). The third-order valence-electron chi connectivity index (χ3n) is 3.20. The fourth-order valence-corrected chi connectivity index (χ4v) is 2.63. The van der Waals surface area contributed by atoms with E-state index in [1.165, 1.54) is 11.3 Å². The van der Waals surface area contributed by atoms with Gasteiger partial charge in [-0.25, -0.2) is 13.2 Å². The summed E-state index contributed by atoms with van der Waals surface area (Å²) >= 11 is 1.33. The SMILES string of the molecule is O=C(Nc1ccc(Nc2ccc(F)c(F)c2F)cc1)c1cccs1. The van der Waals surface area contributed by atoms with Crippen molar-refractivity contribution < 1.29 is 18.0 Å². The first-order valence-electron chi connectivity index (χ1n) is 6.90. The van der Waals surface area contributed by atoms with Gasteiger partial charge in [-0.05, 0) is 47.8 Å². The monoisotopic (exact) mass is 348 g/mol. The summed E-state index contributed by atoms with van der Waals surface area (Å²) < 4.78 is 39.7. The maximum atomic E-state index is 13.6. The first-order chi connectivity index (χ1) is 11.5. The first kappa shape index (κ1) is 16.1. The minimum Gasteiger partial charge on any atom is -0.353 e. The van der Waals surface area contributed by atoms with Gasteiger partial charge in [0.15, 0.2) is 17.5 Å². The molecule has 0 bridgehead atoms. The van der Waals surface area contributed by atoms with Crippen molar-refractivity contribution in [2.45, 2.75) is 0 Å². The number of anilines is 3. The van der Waals surface area contributed by atoms with Gasteiger partial charge in [-0.1, -0.05) is 6.07 Å². The molecular weight excluding hydrogens is 337 g/mol. The van der Waals surface area contributed by atoms with Gasteiger partial charge in [0.2, 0.25) is 0 Å². The minimum absolute atomic E-state index is 0.177. The maximum absolute atomic E-state index is 13.6. The second kappa shape index (κ2) is 6.76. The molecule has 0 aliphatic carbocycles. The molecule has 0 saturated heterocycles. The van der Waals surface area contributed by atoms with Crippen molar-refractivity contribution in [3.63, 3.8) is 0 Å². The summed E-state index contributed by atoms with van der Waals surface area (Å²) in [5, 5.41) is 7.18. The van der Waals surface area contributed by atoms with Gasteiger partial charge in [0.05, 0.1) is 10.6 Å². The van der Waals surface area contributed by atoms with Gasteiger partial charge in [0, 0.05) is 11.4 Å². The van der Waals surface area contributed by atoms with Crippen LogP contribution >= 0.6 is 11.3 Å². The van der Waals surface area contributed by atoms with Crippen molar-refractivity contribution in [2.24, 2.45) is 0 Å². The summed E-state index contributed by atoms with van der Waals surface area (Å²) in [7, 11) is 0. The standard InChI is InChI=1S/C17H11F3N2OS/c18-12-7-8-13(16(20)15(12)19)21-10-3-5-11(6-4-10)22-17(23)14-2-1-9-24-14/h1-9,21H,(H,22,23). The number of carbonyl (C=O) groups excluding carboxylic acids is 1. The number of rotatable bonds is 4. The zero-order chi connectivity index (χ0) is 17.1. The van der Waals surface area contributed by atoms with Gasteiger partial charge >= 0.3 is 0 Å². The molecule has 0 aliphatic heterocycles. The van der Waals surface area contributed by atoms with Crippen molar-refractivity contribution >= 4 is 34.3 Å². The molecule has 0 fully saturated rings. The zero-order valence-electron chi connectivity index (χ0n) is 12.1. The van der Waals surface area contributed by atoms with Crippen LogP contribution in [0.5, 0.6) is 0 Å². The molecule has 0 unspecified atom stereocenters. The van der Waals surface area contributed by atoms with E-state index in [9.17, 15) is 18.0 Å². The van der Waals surface area contributed by atoms with Crippen molar-refractivity contribution in [1.29, 1.82) is 0 Å². The highest BCUT2D eigenvalue weighted by Gasteiger charge is 2.13. The number of carbonyl (C=O) groups is 1. The van der Waals surface area contributed by atoms with Crippen LogP contribution < -0.4 is 10.6 Å². The van der Waals surface area contributed by atoms with Crippen LogP contribution in [0, 0.1) is 17.5 Å². The zero-order valence-corrected chi connectivity index (χ0v) is 13.0. The van der Waals surface area contributed by atoms with Crippen LogP contribution in [0.25, 0.3) is 0 Å². The molecule has 0 spiro atoms. The smallest absolute Gasteiger partial charge is 0.265 e. The highest BCUT2D eigenvalue weighted by atomic mass is 32.1. The van der Waals surface area contributed by atoms with Crippen LogP contribution in [0.3, 0.4) is 0 Å². The molecule has 24 heavy (non-hydrogen) atoms. The lowest BCUT2D eigenvalue weighted by Gasteiger charge is -2.10. The maximum Gasteiger partial charge on any atom is 0.265 e. The van der Waals surface area contributed by atoms with E-state index in [-0.39, 0.29) is 11.6 Å². The van der Waals surface area contributed by atoms with Gasteiger partial charge in [0.25, 0.3) is 5.91 Å². The average molecular weight is 348 g/mol. The Kier molecular flexibility index (Phi) is 4.52. The second-order valence-electron chi connectivity index (χ2n) is 4.86. The Balaban J connectivity index is 1.71. The van der Waals surface area contributed by atoms with E-state index >= 15 is 0 Å². The van der Waals surface area contributed by atoms with Crippen molar-refractivity contribution in [3.8, 4) is 0 Å². The molecule has 2 N–H and O–H groups in total. The number of thiophene rings is 1. The number of hydrogen-bond acceptors (Lipinski definition) is 3. The Labute approximate surface area is 139 Å². The van der Waals surface area contributed by atoms with Crippen molar-refractivity contribution in [3.05, 3.63) is 76.2 Å². The minimum atomic E-state index is -1.53. The van der Waals surface area contributed by atoms with E-state index in [0.717, 1.165) is 12.1 Å². The van der Waals surface area contributed by atoms with Crippen molar-refractivity contribution in [2.75, 3.05) is 10.6 Å². The third-order valence-corrected chi connectivity index (χ3v) is 4.07. The number of nitrogens with one attached hydrogen (secondary N) is 2. The summed E-state index contributed by atoms with van der Waals surface area (Å²) in [4.78, 5) is 12.5. The summed E-state index contributed by atoms with van der Waals surface area (Å²) in [6.45, 7) is 0. The largest absolute Gasteiger partial charge is 0.353 e. The summed E-state index contributed by atoms with van der Waals surface area (Å²) in [6.07, 6.45) is 0. The first-order valence-corrected chi connectivity index (χ1v) is 7.78. The molecule has 3 aromatic rings. The van der Waals surface area contributed by atoms with Gasteiger partial charge in [0.1, 0.15) is 0 Å². The lowest BCUT2D eigenvalue weighted by molar-refractivity contribution is 0.103. The molecule has 1 aromatic heterocycles. The van der Waals surface area contributed by atoms with Crippen LogP contribution in [0.15, 0.2) is 53.9 Å². The summed E-state index contributed by atoms with van der Waals surface area (Å²) in [5.41, 5.74) is 0.850. The normalized spacial score (nSPS) is 10.5. The van der Waals surface area contributed by atoms with Gasteiger partial charge in [-0.3, -0.25) is 4.79 Å². The highest BCUT2D eigenvalue weighted by Crippen LogP contribution is 2.24. The van der Waals surface area contributed by atoms with Crippen LogP contribution in [0.2, 0.25) is 0 Å². The van der Waals surface area contributed by atoms with E-state index in [4.69, 9.17) is 0 Å². The van der Waals surface area contributed by atoms with Crippen LogP contribution in [0.1, 0.15) is 9.67 Å². The van der Waals surface area contributed by atoms with E-state index < -0.39 is 17.5 Å². The van der Waals surface area contributed by atoms with Crippen LogP contribution in [-0.2, 0) is 0 Å². The van der Waals surface area contributed by atoms with Crippen molar-refractivity contribution in [1.82, 2.24) is 0 Å². The molecule has 122 valence electrons. The van der Waals surface area contributed by atoms with E-state index in [0.29, 0.717) is 16.3 Å². The molecule has 0 atom stereocenters. The average Bonchev–Trinajstić information content (AvgIpc) is 3.12. The lowest BCUT2D eigenvalue weighted by Crippen LogP contribution is -2.09. The van der Waals surface area contributed by atoms with Gasteiger partial charge in [-0.2, -0.15) is 0 Å². The number of amides is 1. The molecular formula is C17H11F3N2OS. The number of hydrogen-bond donors (Lipinski definition) is 2. The molecule has 1 amide bonds. The molecule has 0 saturated carbocycles. The highest BCUT2D eigenvalue weighted by molar-refractivity contribution is 7.12. The fraction of sp³-hybridized carbons (Fsp3) is 0. The Morgan fingerprint density at radius 1 is 0.875 bits per heavy atom. The molecule has 3 nitrogen and oxygen atoms in total. The van der Waals surface area contributed by atoms with Gasteiger partial charge in [-0.15, -0.1) is 11.3 Å². The van der Waals surface area contributed by atoms with Crippen LogP contribution in [0.4, 0.5) is 30.2 Å². The quantitative estimate of drug-likeness (QED) is 0.639.